The smallest absolute Gasteiger partial charge is 0.264 e. The Bertz CT molecular complexity index is 1290. The van der Waals surface area contributed by atoms with Crippen molar-refractivity contribution < 1.29 is 17.9 Å². The van der Waals surface area contributed by atoms with Crippen LogP contribution in [0.3, 0.4) is 0 Å². The zero-order valence-corrected chi connectivity index (χ0v) is 20.7. The highest BCUT2D eigenvalue weighted by Crippen LogP contribution is 2.33. The molecule has 1 N–H and O–H groups in total. The van der Waals surface area contributed by atoms with Crippen molar-refractivity contribution in [1.82, 2.24) is 5.32 Å². The number of hydrogen-bond donors (Lipinski definition) is 1. The molecule has 1 atom stereocenters. The van der Waals surface area contributed by atoms with Crippen molar-refractivity contribution in [2.24, 2.45) is 0 Å². The second kappa shape index (κ2) is 10.1. The van der Waals surface area contributed by atoms with Crippen LogP contribution in [0.5, 0.6) is 5.75 Å². The summed E-state index contributed by atoms with van der Waals surface area (Å²) in [5.74, 6) is 0.0331. The Morgan fingerprint density at radius 2 is 1.85 bits per heavy atom. The predicted octanol–water partition coefficient (Wildman–Crippen LogP) is 5.05. The van der Waals surface area contributed by atoms with E-state index < -0.39 is 10.0 Å². The summed E-state index contributed by atoms with van der Waals surface area (Å²) < 4.78 is 33.5. The molecule has 1 aliphatic carbocycles. The number of benzene rings is 3. The number of rotatable bonds is 7. The van der Waals surface area contributed by atoms with Crippen LogP contribution in [0, 0.1) is 6.92 Å². The second-order valence-electron chi connectivity index (χ2n) is 8.35. The number of nitrogens with zero attached hydrogens (tertiary/aromatic N) is 1. The fourth-order valence-electron chi connectivity index (χ4n) is 4.24. The Morgan fingerprint density at radius 3 is 2.56 bits per heavy atom. The van der Waals surface area contributed by atoms with E-state index in [4.69, 9.17) is 16.3 Å². The molecule has 0 radical (unpaired) electrons. The first-order valence-electron chi connectivity index (χ1n) is 11.1. The summed E-state index contributed by atoms with van der Waals surface area (Å²) in [6.07, 6.45) is 2.74. The Labute approximate surface area is 205 Å². The van der Waals surface area contributed by atoms with Crippen molar-refractivity contribution in [2.45, 2.75) is 37.1 Å². The number of carbonyl (C=O) groups excluding carboxylic acids is 1. The van der Waals surface area contributed by atoms with Crippen LogP contribution in [0.1, 0.15) is 35.6 Å². The molecule has 34 heavy (non-hydrogen) atoms. The minimum atomic E-state index is -4.03. The molecule has 1 amide bonds. The van der Waals surface area contributed by atoms with Crippen molar-refractivity contribution in [3.63, 3.8) is 0 Å². The van der Waals surface area contributed by atoms with Gasteiger partial charge < -0.3 is 10.1 Å². The number of fused-ring (bicyclic) bond motifs is 1. The van der Waals surface area contributed by atoms with E-state index in [1.165, 1.54) is 30.9 Å². The molecule has 0 fully saturated rings. The number of ether oxygens (including phenoxy) is 1. The monoisotopic (exact) mass is 498 g/mol. The zero-order chi connectivity index (χ0) is 24.3. The molecule has 4 rings (SSSR count). The topological polar surface area (TPSA) is 75.7 Å². The third-order valence-electron chi connectivity index (χ3n) is 6.02. The Balaban J connectivity index is 1.65. The lowest BCUT2D eigenvalue weighted by Gasteiger charge is -2.29. The Kier molecular flexibility index (Phi) is 7.14. The number of nitrogens with one attached hydrogen (secondary N) is 1. The average Bonchev–Trinajstić information content (AvgIpc) is 2.83. The van der Waals surface area contributed by atoms with Crippen LogP contribution in [0.15, 0.2) is 71.6 Å². The highest BCUT2D eigenvalue weighted by molar-refractivity contribution is 7.92. The second-order valence-corrected chi connectivity index (χ2v) is 10.6. The molecule has 8 heteroatoms. The van der Waals surface area contributed by atoms with E-state index in [1.54, 1.807) is 24.3 Å². The van der Waals surface area contributed by atoms with E-state index in [2.05, 4.69) is 11.4 Å². The van der Waals surface area contributed by atoms with Crippen LogP contribution in [0.2, 0.25) is 5.02 Å². The fraction of sp³-hybridized carbons (Fsp3) is 0.269. The van der Waals surface area contributed by atoms with Gasteiger partial charge in [0.05, 0.1) is 28.8 Å². The van der Waals surface area contributed by atoms with Gasteiger partial charge in [0, 0.05) is 0 Å². The normalized spacial score (nSPS) is 15.3. The molecule has 0 aromatic heterocycles. The summed E-state index contributed by atoms with van der Waals surface area (Å²) in [6.45, 7) is 1.50. The van der Waals surface area contributed by atoms with Crippen molar-refractivity contribution in [2.75, 3.05) is 18.0 Å². The SMILES string of the molecule is COc1ccc(N(CC(=O)N[C@H]2CCCc3ccccc32)S(=O)(=O)c2ccc(C)cc2)cc1Cl. The zero-order valence-electron chi connectivity index (χ0n) is 19.1. The maximum atomic E-state index is 13.6. The van der Waals surface area contributed by atoms with Gasteiger partial charge in [0.15, 0.2) is 0 Å². The molecule has 0 unspecified atom stereocenters. The van der Waals surface area contributed by atoms with Gasteiger partial charge in [0.2, 0.25) is 5.91 Å². The summed E-state index contributed by atoms with van der Waals surface area (Å²) in [6, 6.07) is 19.1. The van der Waals surface area contributed by atoms with Gasteiger partial charge in [0.25, 0.3) is 10.0 Å². The lowest BCUT2D eigenvalue weighted by molar-refractivity contribution is -0.120. The number of methoxy groups -OCH3 is 1. The maximum absolute atomic E-state index is 13.6. The summed E-state index contributed by atoms with van der Waals surface area (Å²) in [5, 5.41) is 3.30. The lowest BCUT2D eigenvalue weighted by atomic mass is 9.88. The van der Waals surface area contributed by atoms with Crippen molar-refractivity contribution in [3.05, 3.63) is 88.4 Å². The molecule has 178 valence electrons. The van der Waals surface area contributed by atoms with Crippen LogP contribution < -0.4 is 14.4 Å². The molecule has 6 nitrogen and oxygen atoms in total. The predicted molar refractivity (Wildman–Crippen MR) is 134 cm³/mol. The summed E-state index contributed by atoms with van der Waals surface area (Å²) in [5.41, 5.74) is 3.52. The molecular formula is C26H27ClN2O4S. The molecule has 3 aromatic carbocycles. The molecule has 0 spiro atoms. The first-order chi connectivity index (χ1) is 16.3. The molecule has 1 aliphatic rings. The van der Waals surface area contributed by atoms with E-state index in [1.807, 2.05) is 25.1 Å². The number of hydrogen-bond acceptors (Lipinski definition) is 4. The number of halogens is 1. The van der Waals surface area contributed by atoms with E-state index in [0.29, 0.717) is 5.75 Å². The van der Waals surface area contributed by atoms with E-state index in [9.17, 15) is 13.2 Å². The molecule has 0 aliphatic heterocycles. The van der Waals surface area contributed by atoms with Crippen molar-refractivity contribution in [3.8, 4) is 5.75 Å². The summed E-state index contributed by atoms with van der Waals surface area (Å²) >= 11 is 6.29. The Morgan fingerprint density at radius 1 is 1.12 bits per heavy atom. The number of aryl methyl sites for hydroxylation is 2. The van der Waals surface area contributed by atoms with Gasteiger partial charge in [-0.05, 0) is 67.6 Å². The van der Waals surface area contributed by atoms with Gasteiger partial charge in [-0.2, -0.15) is 0 Å². The van der Waals surface area contributed by atoms with Crippen LogP contribution in [-0.2, 0) is 21.2 Å². The van der Waals surface area contributed by atoms with Crippen molar-refractivity contribution in [1.29, 1.82) is 0 Å². The number of anilines is 1. The first-order valence-corrected chi connectivity index (χ1v) is 12.9. The minimum absolute atomic E-state index is 0.0980. The first kappa shape index (κ1) is 24.1. The van der Waals surface area contributed by atoms with Gasteiger partial charge in [-0.3, -0.25) is 9.10 Å². The average molecular weight is 499 g/mol. The van der Waals surface area contributed by atoms with Gasteiger partial charge in [-0.1, -0.05) is 53.6 Å². The van der Waals surface area contributed by atoms with E-state index >= 15 is 0 Å². The maximum Gasteiger partial charge on any atom is 0.264 e. The van der Waals surface area contributed by atoms with E-state index in [-0.39, 0.29) is 34.1 Å². The molecular weight excluding hydrogens is 472 g/mol. The number of sulfonamides is 1. The number of carbonyl (C=O) groups is 1. The van der Waals surface area contributed by atoms with Gasteiger partial charge in [0.1, 0.15) is 12.3 Å². The molecule has 0 saturated carbocycles. The third kappa shape index (κ3) is 5.05. The minimum Gasteiger partial charge on any atom is -0.495 e. The van der Waals surface area contributed by atoms with Gasteiger partial charge in [-0.25, -0.2) is 8.42 Å². The lowest BCUT2D eigenvalue weighted by Crippen LogP contribution is -2.42. The fourth-order valence-corrected chi connectivity index (χ4v) is 5.90. The summed E-state index contributed by atoms with van der Waals surface area (Å²) in [7, 11) is -2.55. The van der Waals surface area contributed by atoms with Crippen LogP contribution >= 0.6 is 11.6 Å². The molecule has 3 aromatic rings. The van der Waals surface area contributed by atoms with Crippen molar-refractivity contribution >= 4 is 33.2 Å². The molecule has 0 heterocycles. The standard InChI is InChI=1S/C26H27ClN2O4S/c1-18-10-13-21(14-11-18)34(31,32)29(20-12-15-25(33-2)23(27)16-20)17-26(30)28-24-9-5-7-19-6-3-4-8-22(19)24/h3-4,6,8,10-16,24H,5,7,9,17H2,1-2H3,(H,28,30)/t24-/m0/s1. The van der Waals surface area contributed by atoms with Gasteiger partial charge in [-0.15, -0.1) is 0 Å². The highest BCUT2D eigenvalue weighted by atomic mass is 35.5. The third-order valence-corrected chi connectivity index (χ3v) is 8.11. The van der Waals surface area contributed by atoms with Crippen LogP contribution in [0.4, 0.5) is 5.69 Å². The van der Waals surface area contributed by atoms with Crippen LogP contribution in [-0.4, -0.2) is 28.0 Å². The molecule has 0 saturated heterocycles. The largest absolute Gasteiger partial charge is 0.495 e. The van der Waals surface area contributed by atoms with Crippen LogP contribution in [0.25, 0.3) is 0 Å². The Hall–Kier alpha value is -3.03. The van der Waals surface area contributed by atoms with Gasteiger partial charge >= 0.3 is 0 Å². The quantitative estimate of drug-likeness (QED) is 0.494. The summed E-state index contributed by atoms with van der Waals surface area (Å²) in [4.78, 5) is 13.3. The number of amides is 1. The van der Waals surface area contributed by atoms with E-state index in [0.717, 1.165) is 34.7 Å². The molecule has 0 bridgehead atoms. The highest BCUT2D eigenvalue weighted by Gasteiger charge is 2.29.